The van der Waals surface area contributed by atoms with Crippen molar-refractivity contribution in [3.63, 3.8) is 0 Å². The van der Waals surface area contributed by atoms with Gasteiger partial charge in [-0.2, -0.15) is 0 Å². The number of amides is 1. The summed E-state index contributed by atoms with van der Waals surface area (Å²) in [6.45, 7) is 1.54. The first-order valence-electron chi connectivity index (χ1n) is 8.14. The van der Waals surface area contributed by atoms with Gasteiger partial charge in [-0.25, -0.2) is 13.4 Å². The van der Waals surface area contributed by atoms with E-state index in [2.05, 4.69) is 10.3 Å². The van der Waals surface area contributed by atoms with Crippen molar-refractivity contribution in [3.8, 4) is 11.3 Å². The van der Waals surface area contributed by atoms with E-state index in [4.69, 9.17) is 0 Å². The predicted molar refractivity (Wildman–Crippen MR) is 106 cm³/mol. The van der Waals surface area contributed by atoms with Crippen LogP contribution < -0.4 is 5.32 Å². The molecule has 144 valence electrons. The van der Waals surface area contributed by atoms with Gasteiger partial charge in [-0.3, -0.25) is 20.2 Å². The van der Waals surface area contributed by atoms with Crippen LogP contribution in [0.2, 0.25) is 0 Å². The fraction of sp³-hybridized carbons (Fsp3) is 0.111. The number of nitrogens with one attached hydrogen (secondary N) is 1. The molecule has 0 aliphatic rings. The molecule has 8 nitrogen and oxygen atoms in total. The van der Waals surface area contributed by atoms with Gasteiger partial charge in [0.1, 0.15) is 0 Å². The first-order chi connectivity index (χ1) is 13.3. The molecule has 0 spiro atoms. The van der Waals surface area contributed by atoms with E-state index in [-0.39, 0.29) is 21.9 Å². The highest BCUT2D eigenvalue weighted by molar-refractivity contribution is 7.91. The van der Waals surface area contributed by atoms with Crippen molar-refractivity contribution in [2.45, 2.75) is 11.8 Å². The van der Waals surface area contributed by atoms with Gasteiger partial charge >= 0.3 is 0 Å². The van der Waals surface area contributed by atoms with Gasteiger partial charge in [0.2, 0.25) is 0 Å². The zero-order valence-corrected chi connectivity index (χ0v) is 16.3. The summed E-state index contributed by atoms with van der Waals surface area (Å²) in [5, 5.41) is 15.4. The number of anilines is 1. The van der Waals surface area contributed by atoms with Crippen molar-refractivity contribution in [3.05, 3.63) is 69.6 Å². The van der Waals surface area contributed by atoms with E-state index >= 15 is 0 Å². The number of rotatable bonds is 6. The van der Waals surface area contributed by atoms with Gasteiger partial charge < -0.3 is 0 Å². The monoisotopic (exact) mass is 417 g/mol. The number of non-ortho nitro benzene ring substituents is 1. The van der Waals surface area contributed by atoms with Crippen LogP contribution in [0.3, 0.4) is 0 Å². The summed E-state index contributed by atoms with van der Waals surface area (Å²) < 4.78 is 24.0. The van der Waals surface area contributed by atoms with Crippen LogP contribution in [0.25, 0.3) is 11.3 Å². The summed E-state index contributed by atoms with van der Waals surface area (Å²) >= 11 is 1.20. The number of carbonyl (C=O) groups excluding carboxylic acids is 1. The molecule has 2 aromatic carbocycles. The summed E-state index contributed by atoms with van der Waals surface area (Å²) in [6, 6.07) is 11.7. The number of benzene rings is 2. The van der Waals surface area contributed by atoms with Crippen LogP contribution in [0.15, 0.2) is 58.8 Å². The van der Waals surface area contributed by atoms with Crippen molar-refractivity contribution >= 4 is 37.9 Å². The average Bonchev–Trinajstić information content (AvgIpc) is 3.16. The lowest BCUT2D eigenvalue weighted by atomic mass is 10.1. The largest absolute Gasteiger partial charge is 0.298 e. The molecule has 1 N–H and O–H groups in total. The van der Waals surface area contributed by atoms with Crippen LogP contribution in [0, 0.1) is 10.1 Å². The zero-order chi connectivity index (χ0) is 20.3. The van der Waals surface area contributed by atoms with E-state index < -0.39 is 20.7 Å². The minimum absolute atomic E-state index is 0.0191. The van der Waals surface area contributed by atoms with Gasteiger partial charge in [-0.05, 0) is 30.3 Å². The average molecular weight is 417 g/mol. The van der Waals surface area contributed by atoms with E-state index in [0.29, 0.717) is 16.4 Å². The van der Waals surface area contributed by atoms with Gasteiger partial charge in [0, 0.05) is 28.6 Å². The molecule has 0 aliphatic heterocycles. The third-order valence-electron chi connectivity index (χ3n) is 3.93. The number of nitrogens with zero attached hydrogens (tertiary/aromatic N) is 2. The second-order valence-electron chi connectivity index (χ2n) is 5.73. The molecule has 0 atom stereocenters. The third kappa shape index (κ3) is 4.24. The Morgan fingerprint density at radius 3 is 2.57 bits per heavy atom. The summed E-state index contributed by atoms with van der Waals surface area (Å²) in [5.41, 5.74) is 1.44. The van der Waals surface area contributed by atoms with Crippen molar-refractivity contribution in [2.24, 2.45) is 0 Å². The smallest absolute Gasteiger partial charge is 0.269 e. The quantitative estimate of drug-likeness (QED) is 0.482. The Labute approximate surface area is 164 Å². The van der Waals surface area contributed by atoms with Crippen LogP contribution >= 0.6 is 11.3 Å². The second-order valence-corrected chi connectivity index (χ2v) is 8.86. The minimum atomic E-state index is -3.41. The normalized spacial score (nSPS) is 11.2. The summed E-state index contributed by atoms with van der Waals surface area (Å²) in [7, 11) is -3.41. The molecule has 0 unspecified atom stereocenters. The Morgan fingerprint density at radius 1 is 1.21 bits per heavy atom. The van der Waals surface area contributed by atoms with Crippen molar-refractivity contribution in [1.82, 2.24) is 4.98 Å². The van der Waals surface area contributed by atoms with Crippen molar-refractivity contribution < 1.29 is 18.1 Å². The maximum absolute atomic E-state index is 12.4. The number of nitro benzene ring substituents is 1. The fourth-order valence-corrected chi connectivity index (χ4v) is 4.02. The van der Waals surface area contributed by atoms with Gasteiger partial charge in [0.05, 0.1) is 21.3 Å². The van der Waals surface area contributed by atoms with Gasteiger partial charge in [-0.1, -0.05) is 13.0 Å². The van der Waals surface area contributed by atoms with Gasteiger partial charge in [0.25, 0.3) is 11.6 Å². The molecule has 28 heavy (non-hydrogen) atoms. The molecular weight excluding hydrogens is 402 g/mol. The Balaban J connectivity index is 1.77. The lowest BCUT2D eigenvalue weighted by Crippen LogP contribution is -2.13. The Kier molecular flexibility index (Phi) is 5.52. The maximum Gasteiger partial charge on any atom is 0.269 e. The number of aromatic nitrogens is 1. The molecule has 3 aromatic rings. The Morgan fingerprint density at radius 2 is 1.93 bits per heavy atom. The molecule has 1 heterocycles. The molecule has 0 radical (unpaired) electrons. The molecule has 1 aromatic heterocycles. The van der Waals surface area contributed by atoms with Gasteiger partial charge in [0.15, 0.2) is 15.0 Å². The predicted octanol–water partition coefficient (Wildman–Crippen LogP) is 3.76. The summed E-state index contributed by atoms with van der Waals surface area (Å²) in [4.78, 5) is 27.1. The highest BCUT2D eigenvalue weighted by Gasteiger charge is 2.16. The zero-order valence-electron chi connectivity index (χ0n) is 14.7. The number of nitro groups is 1. The summed E-state index contributed by atoms with van der Waals surface area (Å²) in [6.07, 6.45) is 0. The molecule has 0 bridgehead atoms. The standard InChI is InChI=1S/C18H15N3O5S2/c1-2-28(25,26)15-5-3-4-13(10-15)17(22)20-18-19-16(11-27-18)12-6-8-14(9-7-12)21(23)24/h3-11H,2H2,1H3,(H,19,20,22). The first kappa shape index (κ1) is 19.6. The molecule has 3 rings (SSSR count). The van der Waals surface area contributed by atoms with E-state index in [1.54, 1.807) is 17.5 Å². The second kappa shape index (κ2) is 7.87. The summed E-state index contributed by atoms with van der Waals surface area (Å²) in [5.74, 6) is -0.527. The fourth-order valence-electron chi connectivity index (χ4n) is 2.38. The van der Waals surface area contributed by atoms with Crippen LogP contribution in [-0.4, -0.2) is 30.0 Å². The number of carbonyl (C=O) groups is 1. The van der Waals surface area contributed by atoms with E-state index in [0.717, 1.165) is 0 Å². The Hall–Kier alpha value is -3.11. The van der Waals surface area contributed by atoms with Gasteiger partial charge in [-0.15, -0.1) is 11.3 Å². The minimum Gasteiger partial charge on any atom is -0.298 e. The molecule has 0 saturated heterocycles. The molecule has 0 fully saturated rings. The SMILES string of the molecule is CCS(=O)(=O)c1cccc(C(=O)Nc2nc(-c3ccc([N+](=O)[O-])cc3)cs2)c1. The van der Waals surface area contributed by atoms with Crippen molar-refractivity contribution in [1.29, 1.82) is 0 Å². The van der Waals surface area contributed by atoms with Crippen LogP contribution in [0.1, 0.15) is 17.3 Å². The van der Waals surface area contributed by atoms with E-state index in [9.17, 15) is 23.3 Å². The highest BCUT2D eigenvalue weighted by atomic mass is 32.2. The third-order valence-corrected chi connectivity index (χ3v) is 6.42. The topological polar surface area (TPSA) is 119 Å². The number of hydrogen-bond donors (Lipinski definition) is 1. The highest BCUT2D eigenvalue weighted by Crippen LogP contribution is 2.27. The molecule has 1 amide bonds. The number of sulfone groups is 1. The molecule has 10 heteroatoms. The van der Waals surface area contributed by atoms with E-state index in [1.807, 2.05) is 0 Å². The molecule has 0 saturated carbocycles. The number of thiazole rings is 1. The van der Waals surface area contributed by atoms with Crippen molar-refractivity contribution in [2.75, 3.05) is 11.1 Å². The Bertz CT molecular complexity index is 1140. The van der Waals surface area contributed by atoms with E-state index in [1.165, 1.54) is 54.7 Å². The maximum atomic E-state index is 12.4. The van der Waals surface area contributed by atoms with Crippen LogP contribution in [-0.2, 0) is 9.84 Å². The van der Waals surface area contributed by atoms with Crippen LogP contribution in [0.4, 0.5) is 10.8 Å². The molecule has 0 aliphatic carbocycles. The lowest BCUT2D eigenvalue weighted by molar-refractivity contribution is -0.384. The van der Waals surface area contributed by atoms with Crippen LogP contribution in [0.5, 0.6) is 0 Å². The lowest BCUT2D eigenvalue weighted by Gasteiger charge is -2.05. The molecular formula is C18H15N3O5S2. The number of hydrogen-bond acceptors (Lipinski definition) is 7. The first-order valence-corrected chi connectivity index (χ1v) is 10.7.